The van der Waals surface area contributed by atoms with E-state index in [9.17, 15) is 8.78 Å². The molecule has 0 saturated heterocycles. The van der Waals surface area contributed by atoms with Gasteiger partial charge in [-0.2, -0.15) is 0 Å². The van der Waals surface area contributed by atoms with Crippen LogP contribution < -0.4 is 5.32 Å². The van der Waals surface area contributed by atoms with Gasteiger partial charge in [0.1, 0.15) is 11.6 Å². The first-order valence-corrected chi connectivity index (χ1v) is 6.43. The van der Waals surface area contributed by atoms with Crippen LogP contribution in [0.25, 0.3) is 0 Å². The number of rotatable bonds is 5. The lowest BCUT2D eigenvalue weighted by atomic mass is 9.98. The maximum atomic E-state index is 13.7. The first-order chi connectivity index (χ1) is 9.20. The maximum absolute atomic E-state index is 13.7. The van der Waals surface area contributed by atoms with Gasteiger partial charge in [-0.3, -0.25) is 0 Å². The van der Waals surface area contributed by atoms with Gasteiger partial charge in [-0.05, 0) is 42.3 Å². The van der Waals surface area contributed by atoms with Crippen molar-refractivity contribution in [2.45, 2.75) is 19.4 Å². The summed E-state index contributed by atoms with van der Waals surface area (Å²) in [6.45, 7) is 2.77. The third kappa shape index (κ3) is 3.61. The van der Waals surface area contributed by atoms with Crippen molar-refractivity contribution >= 4 is 0 Å². The lowest BCUT2D eigenvalue weighted by Crippen LogP contribution is -2.23. The molecule has 2 rings (SSSR count). The van der Waals surface area contributed by atoms with Crippen LogP contribution in [0, 0.1) is 11.6 Å². The molecule has 0 aliphatic rings. The monoisotopic (exact) mass is 261 g/mol. The molecule has 1 atom stereocenters. The smallest absolute Gasteiger partial charge is 0.126 e. The van der Waals surface area contributed by atoms with E-state index in [0.29, 0.717) is 12.0 Å². The molecule has 2 aromatic rings. The summed E-state index contributed by atoms with van der Waals surface area (Å²) in [4.78, 5) is 0. The minimum atomic E-state index is -0.403. The van der Waals surface area contributed by atoms with E-state index in [2.05, 4.69) is 5.32 Å². The quantitative estimate of drug-likeness (QED) is 0.861. The predicted molar refractivity (Wildman–Crippen MR) is 72.9 cm³/mol. The van der Waals surface area contributed by atoms with Gasteiger partial charge < -0.3 is 5.32 Å². The van der Waals surface area contributed by atoms with Gasteiger partial charge in [0, 0.05) is 6.04 Å². The van der Waals surface area contributed by atoms with Crippen LogP contribution >= 0.6 is 0 Å². The van der Waals surface area contributed by atoms with E-state index in [1.54, 1.807) is 0 Å². The zero-order valence-corrected chi connectivity index (χ0v) is 10.9. The molecule has 0 radical (unpaired) electrons. The van der Waals surface area contributed by atoms with E-state index >= 15 is 0 Å². The van der Waals surface area contributed by atoms with Crippen molar-refractivity contribution in [3.05, 3.63) is 71.3 Å². The Kier molecular flexibility index (Phi) is 4.63. The Hall–Kier alpha value is -1.74. The van der Waals surface area contributed by atoms with Gasteiger partial charge in [0.2, 0.25) is 0 Å². The summed E-state index contributed by atoms with van der Waals surface area (Å²) >= 11 is 0. The Labute approximate surface area is 112 Å². The zero-order chi connectivity index (χ0) is 13.7. The summed E-state index contributed by atoms with van der Waals surface area (Å²) in [6.07, 6.45) is 0.432. The van der Waals surface area contributed by atoms with Crippen molar-refractivity contribution < 1.29 is 8.78 Å². The van der Waals surface area contributed by atoms with Crippen LogP contribution in [-0.4, -0.2) is 6.54 Å². The fraction of sp³-hybridized carbons (Fsp3) is 0.250. The predicted octanol–water partition coefficient (Wildman–Crippen LogP) is 3.86. The third-order valence-corrected chi connectivity index (χ3v) is 3.08. The average Bonchev–Trinajstić information content (AvgIpc) is 2.43. The Morgan fingerprint density at radius 3 is 2.47 bits per heavy atom. The van der Waals surface area contributed by atoms with Gasteiger partial charge >= 0.3 is 0 Å². The molecule has 100 valence electrons. The fourth-order valence-electron chi connectivity index (χ4n) is 2.16. The standard InChI is InChI=1S/C16H17F2N/c1-2-19-16(12-6-4-3-5-7-12)11-13-10-14(17)8-9-15(13)18/h3-10,16,19H,2,11H2,1H3. The van der Waals surface area contributed by atoms with Gasteiger partial charge in [0.25, 0.3) is 0 Å². The van der Waals surface area contributed by atoms with E-state index in [4.69, 9.17) is 0 Å². The Morgan fingerprint density at radius 1 is 1.05 bits per heavy atom. The second kappa shape index (κ2) is 6.43. The minimum Gasteiger partial charge on any atom is -0.310 e. The van der Waals surface area contributed by atoms with Crippen molar-refractivity contribution in [3.63, 3.8) is 0 Å². The van der Waals surface area contributed by atoms with Crippen molar-refractivity contribution in [2.24, 2.45) is 0 Å². The molecule has 0 aliphatic carbocycles. The average molecular weight is 261 g/mol. The van der Waals surface area contributed by atoms with Gasteiger partial charge in [-0.25, -0.2) is 8.78 Å². The molecule has 19 heavy (non-hydrogen) atoms. The summed E-state index contributed by atoms with van der Waals surface area (Å²) in [5.74, 6) is -0.764. The highest BCUT2D eigenvalue weighted by molar-refractivity contribution is 5.25. The molecule has 0 bridgehead atoms. The molecule has 1 N–H and O–H groups in total. The number of halogens is 2. The third-order valence-electron chi connectivity index (χ3n) is 3.08. The first-order valence-electron chi connectivity index (χ1n) is 6.43. The Morgan fingerprint density at radius 2 is 1.79 bits per heavy atom. The molecule has 1 nitrogen and oxygen atoms in total. The van der Waals surface area contributed by atoms with Crippen LogP contribution in [0.1, 0.15) is 24.1 Å². The van der Waals surface area contributed by atoms with Crippen LogP contribution in [0.4, 0.5) is 8.78 Å². The summed E-state index contributed by atoms with van der Waals surface area (Å²) < 4.78 is 26.9. The molecular formula is C16H17F2N. The molecule has 0 saturated carbocycles. The van der Waals surface area contributed by atoms with E-state index in [0.717, 1.165) is 18.2 Å². The highest BCUT2D eigenvalue weighted by atomic mass is 19.1. The summed E-state index contributed by atoms with van der Waals surface area (Å²) in [6, 6.07) is 13.4. The highest BCUT2D eigenvalue weighted by Gasteiger charge is 2.14. The van der Waals surface area contributed by atoms with Crippen LogP contribution in [0.2, 0.25) is 0 Å². The Bertz CT molecular complexity index is 526. The second-order valence-corrected chi connectivity index (χ2v) is 4.46. The number of hydrogen-bond donors (Lipinski definition) is 1. The van der Waals surface area contributed by atoms with E-state index in [-0.39, 0.29) is 11.9 Å². The molecule has 0 aromatic heterocycles. The molecule has 0 amide bonds. The first kappa shape index (κ1) is 13.7. The molecule has 2 aromatic carbocycles. The lowest BCUT2D eigenvalue weighted by Gasteiger charge is -2.18. The molecule has 1 unspecified atom stereocenters. The molecule has 0 spiro atoms. The maximum Gasteiger partial charge on any atom is 0.126 e. The van der Waals surface area contributed by atoms with E-state index in [1.807, 2.05) is 37.3 Å². The highest BCUT2D eigenvalue weighted by Crippen LogP contribution is 2.20. The van der Waals surface area contributed by atoms with Crippen molar-refractivity contribution in [1.29, 1.82) is 0 Å². The van der Waals surface area contributed by atoms with Gasteiger partial charge in [0.05, 0.1) is 0 Å². The lowest BCUT2D eigenvalue weighted by molar-refractivity contribution is 0.522. The minimum absolute atomic E-state index is 0.0116. The number of benzene rings is 2. The molecular weight excluding hydrogens is 244 g/mol. The van der Waals surface area contributed by atoms with Crippen molar-refractivity contribution in [2.75, 3.05) is 6.54 Å². The number of nitrogens with one attached hydrogen (secondary N) is 1. The molecule has 3 heteroatoms. The van der Waals surface area contributed by atoms with Gasteiger partial charge in [-0.15, -0.1) is 0 Å². The fourth-order valence-corrected chi connectivity index (χ4v) is 2.16. The van der Waals surface area contributed by atoms with Crippen LogP contribution in [-0.2, 0) is 6.42 Å². The summed E-state index contributed by atoms with van der Waals surface area (Å²) in [5.41, 5.74) is 1.47. The largest absolute Gasteiger partial charge is 0.310 e. The molecule has 0 aliphatic heterocycles. The number of likely N-dealkylation sites (N-methyl/N-ethyl adjacent to an activating group) is 1. The van der Waals surface area contributed by atoms with Gasteiger partial charge in [0.15, 0.2) is 0 Å². The molecule has 0 heterocycles. The Balaban J connectivity index is 2.24. The van der Waals surface area contributed by atoms with Crippen molar-refractivity contribution in [3.8, 4) is 0 Å². The van der Waals surface area contributed by atoms with Crippen LogP contribution in [0.5, 0.6) is 0 Å². The number of hydrogen-bond acceptors (Lipinski definition) is 1. The van der Waals surface area contributed by atoms with E-state index < -0.39 is 5.82 Å². The topological polar surface area (TPSA) is 12.0 Å². The zero-order valence-electron chi connectivity index (χ0n) is 10.9. The summed E-state index contributed by atoms with van der Waals surface area (Å²) in [5, 5.41) is 3.30. The van der Waals surface area contributed by atoms with Crippen molar-refractivity contribution in [1.82, 2.24) is 5.32 Å². The van der Waals surface area contributed by atoms with Crippen LogP contribution in [0.15, 0.2) is 48.5 Å². The summed E-state index contributed by atoms with van der Waals surface area (Å²) in [7, 11) is 0. The SMILES string of the molecule is CCNC(Cc1cc(F)ccc1F)c1ccccc1. The molecule has 0 fully saturated rings. The van der Waals surface area contributed by atoms with E-state index in [1.165, 1.54) is 12.1 Å². The van der Waals surface area contributed by atoms with Crippen LogP contribution in [0.3, 0.4) is 0 Å². The normalized spacial score (nSPS) is 12.4. The second-order valence-electron chi connectivity index (χ2n) is 4.46. The van der Waals surface area contributed by atoms with Gasteiger partial charge in [-0.1, -0.05) is 37.3 Å².